The van der Waals surface area contributed by atoms with Crippen molar-refractivity contribution in [2.75, 3.05) is 0 Å². The van der Waals surface area contributed by atoms with Crippen molar-refractivity contribution in [2.24, 2.45) is 12.8 Å². The second-order valence-corrected chi connectivity index (χ2v) is 2.12. The molecule has 4 heteroatoms. The van der Waals surface area contributed by atoms with Crippen LogP contribution in [0.1, 0.15) is 5.69 Å². The van der Waals surface area contributed by atoms with E-state index in [1.165, 1.54) is 6.08 Å². The van der Waals surface area contributed by atoms with Gasteiger partial charge >= 0.3 is 0 Å². The Balaban J connectivity index is 2.79. The zero-order chi connectivity index (χ0) is 8.27. The van der Waals surface area contributed by atoms with Crippen LogP contribution in [0.25, 0.3) is 6.08 Å². The maximum absolute atomic E-state index is 10.3. The molecule has 0 radical (unpaired) electrons. The van der Waals surface area contributed by atoms with Gasteiger partial charge in [0.15, 0.2) is 0 Å². The highest BCUT2D eigenvalue weighted by Gasteiger charge is 1.91. The number of nitrogens with two attached hydrogens (primary N) is 1. The number of rotatable bonds is 2. The summed E-state index contributed by atoms with van der Waals surface area (Å²) in [7, 11) is 1.79. The van der Waals surface area contributed by atoms with Crippen LogP contribution in [-0.2, 0) is 11.8 Å². The molecule has 11 heavy (non-hydrogen) atoms. The summed E-state index contributed by atoms with van der Waals surface area (Å²) in [5.74, 6) is -0.453. The number of primary amides is 1. The van der Waals surface area contributed by atoms with Crippen LogP contribution in [0.3, 0.4) is 0 Å². The highest BCUT2D eigenvalue weighted by atomic mass is 16.1. The molecule has 0 aromatic carbocycles. The van der Waals surface area contributed by atoms with Gasteiger partial charge in [-0.3, -0.25) is 9.48 Å². The van der Waals surface area contributed by atoms with E-state index in [1.54, 1.807) is 30.1 Å². The molecule has 1 rings (SSSR count). The molecule has 2 N–H and O–H groups in total. The predicted molar refractivity (Wildman–Crippen MR) is 41.4 cm³/mol. The summed E-state index contributed by atoms with van der Waals surface area (Å²) in [6.45, 7) is 0. The van der Waals surface area contributed by atoms with Crippen molar-refractivity contribution in [1.29, 1.82) is 0 Å². The first-order chi connectivity index (χ1) is 5.20. The largest absolute Gasteiger partial charge is 0.366 e. The Morgan fingerprint density at radius 3 is 3.00 bits per heavy atom. The number of hydrogen-bond acceptors (Lipinski definition) is 2. The number of aromatic nitrogens is 2. The molecule has 1 amide bonds. The fourth-order valence-electron chi connectivity index (χ4n) is 0.715. The number of nitrogens with zero attached hydrogens (tertiary/aromatic N) is 2. The quantitative estimate of drug-likeness (QED) is 0.601. The van der Waals surface area contributed by atoms with Gasteiger partial charge in [0.2, 0.25) is 5.91 Å². The van der Waals surface area contributed by atoms with Gasteiger partial charge in [-0.2, -0.15) is 5.10 Å². The first kappa shape index (κ1) is 7.53. The van der Waals surface area contributed by atoms with Gasteiger partial charge < -0.3 is 5.73 Å². The predicted octanol–water partition coefficient (Wildman–Crippen LogP) is -0.0814. The van der Waals surface area contributed by atoms with Gasteiger partial charge in [-0.15, -0.1) is 0 Å². The maximum atomic E-state index is 10.3. The van der Waals surface area contributed by atoms with Crippen molar-refractivity contribution in [3.05, 3.63) is 24.0 Å². The molecule has 0 unspecified atom stereocenters. The van der Waals surface area contributed by atoms with E-state index in [4.69, 9.17) is 5.73 Å². The van der Waals surface area contributed by atoms with E-state index in [0.29, 0.717) is 0 Å². The average molecular weight is 151 g/mol. The van der Waals surface area contributed by atoms with Crippen molar-refractivity contribution in [3.8, 4) is 0 Å². The Bertz CT molecular complexity index is 288. The van der Waals surface area contributed by atoms with Gasteiger partial charge in [0, 0.05) is 19.3 Å². The maximum Gasteiger partial charge on any atom is 0.241 e. The van der Waals surface area contributed by atoms with E-state index in [9.17, 15) is 4.79 Å². The van der Waals surface area contributed by atoms with E-state index < -0.39 is 5.91 Å². The molecule has 4 nitrogen and oxygen atoms in total. The van der Waals surface area contributed by atoms with Crippen molar-refractivity contribution in [2.45, 2.75) is 0 Å². The van der Waals surface area contributed by atoms with Crippen LogP contribution in [0.15, 0.2) is 18.3 Å². The molecule has 58 valence electrons. The summed E-state index contributed by atoms with van der Waals surface area (Å²) in [5, 5.41) is 3.91. The van der Waals surface area contributed by atoms with Gasteiger partial charge in [-0.1, -0.05) is 0 Å². The van der Waals surface area contributed by atoms with Crippen molar-refractivity contribution < 1.29 is 4.79 Å². The first-order valence-electron chi connectivity index (χ1n) is 3.15. The van der Waals surface area contributed by atoms with Crippen LogP contribution in [0.4, 0.5) is 0 Å². The van der Waals surface area contributed by atoms with Crippen LogP contribution in [0, 0.1) is 0 Å². The molecule has 0 aliphatic carbocycles. The van der Waals surface area contributed by atoms with E-state index >= 15 is 0 Å². The van der Waals surface area contributed by atoms with E-state index in [1.807, 2.05) is 0 Å². The van der Waals surface area contributed by atoms with E-state index in [-0.39, 0.29) is 0 Å². The topological polar surface area (TPSA) is 60.9 Å². The van der Waals surface area contributed by atoms with Gasteiger partial charge in [0.1, 0.15) is 0 Å². The number of aryl methyl sites for hydroxylation is 1. The molecule has 1 heterocycles. The zero-order valence-corrected chi connectivity index (χ0v) is 6.19. The summed E-state index contributed by atoms with van der Waals surface area (Å²) in [6, 6.07) is 1.79. The van der Waals surface area contributed by atoms with Crippen LogP contribution in [0.2, 0.25) is 0 Å². The van der Waals surface area contributed by atoms with E-state index in [2.05, 4.69) is 5.10 Å². The molecule has 1 aromatic rings. The molecule has 0 bridgehead atoms. The molecule has 0 saturated carbocycles. The van der Waals surface area contributed by atoms with Gasteiger partial charge in [0.25, 0.3) is 0 Å². The SMILES string of the molecule is Cn1nccc1C=CC(N)=O. The minimum absolute atomic E-state index is 0.453. The minimum atomic E-state index is -0.453. The molecule has 0 atom stereocenters. The molecule has 1 aromatic heterocycles. The highest BCUT2D eigenvalue weighted by molar-refractivity contribution is 5.89. The molecule has 0 fully saturated rings. The summed E-state index contributed by atoms with van der Waals surface area (Å²) in [6.07, 6.45) is 4.58. The van der Waals surface area contributed by atoms with Crippen LogP contribution in [0.5, 0.6) is 0 Å². The molecule has 0 spiro atoms. The Labute approximate surface area is 64.3 Å². The molecule has 0 aliphatic heterocycles. The summed E-state index contributed by atoms with van der Waals surface area (Å²) in [5.41, 5.74) is 5.75. The lowest BCUT2D eigenvalue weighted by molar-refractivity contribution is -0.113. The standard InChI is InChI=1S/C7H9N3O/c1-10-6(4-5-9-10)2-3-7(8)11/h2-5H,1H3,(H2,8,11). The van der Waals surface area contributed by atoms with Gasteiger partial charge in [-0.05, 0) is 12.1 Å². The minimum Gasteiger partial charge on any atom is -0.366 e. The summed E-state index contributed by atoms with van der Waals surface area (Å²) in [4.78, 5) is 10.3. The molecular weight excluding hydrogens is 142 g/mol. The van der Waals surface area contributed by atoms with Crippen molar-refractivity contribution >= 4 is 12.0 Å². The second-order valence-electron chi connectivity index (χ2n) is 2.12. The normalized spacial score (nSPS) is 10.6. The lowest BCUT2D eigenvalue weighted by Crippen LogP contribution is -2.05. The monoisotopic (exact) mass is 151 g/mol. The Morgan fingerprint density at radius 1 is 1.82 bits per heavy atom. The third-order valence-electron chi connectivity index (χ3n) is 1.28. The fourth-order valence-corrected chi connectivity index (χ4v) is 0.715. The molecular formula is C7H9N3O. The number of carbonyl (C=O) groups is 1. The van der Waals surface area contributed by atoms with Crippen molar-refractivity contribution in [3.63, 3.8) is 0 Å². The third kappa shape index (κ3) is 1.93. The van der Waals surface area contributed by atoms with Crippen LogP contribution >= 0.6 is 0 Å². The van der Waals surface area contributed by atoms with Gasteiger partial charge in [0.05, 0.1) is 5.69 Å². The Hall–Kier alpha value is -1.58. The summed E-state index contributed by atoms with van der Waals surface area (Å²) < 4.78 is 1.65. The molecule has 0 saturated heterocycles. The zero-order valence-electron chi connectivity index (χ0n) is 6.19. The number of hydrogen-bond donors (Lipinski definition) is 1. The smallest absolute Gasteiger partial charge is 0.241 e. The average Bonchev–Trinajstić information content (AvgIpc) is 2.31. The Kier molecular flexibility index (Phi) is 2.06. The van der Waals surface area contributed by atoms with Crippen LogP contribution in [-0.4, -0.2) is 15.7 Å². The fraction of sp³-hybridized carbons (Fsp3) is 0.143. The lowest BCUT2D eigenvalue weighted by Gasteiger charge is -1.91. The lowest BCUT2D eigenvalue weighted by atomic mass is 10.4. The molecule has 0 aliphatic rings. The number of carbonyl (C=O) groups excluding carboxylic acids is 1. The highest BCUT2D eigenvalue weighted by Crippen LogP contribution is 1.97. The van der Waals surface area contributed by atoms with Crippen LogP contribution < -0.4 is 5.73 Å². The van der Waals surface area contributed by atoms with Crippen molar-refractivity contribution in [1.82, 2.24) is 9.78 Å². The second kappa shape index (κ2) is 3.01. The summed E-state index contributed by atoms with van der Waals surface area (Å²) >= 11 is 0. The third-order valence-corrected chi connectivity index (χ3v) is 1.28. The first-order valence-corrected chi connectivity index (χ1v) is 3.15. The number of amides is 1. The van der Waals surface area contributed by atoms with Gasteiger partial charge in [-0.25, -0.2) is 0 Å². The Morgan fingerprint density at radius 2 is 2.55 bits per heavy atom. The van der Waals surface area contributed by atoms with E-state index in [0.717, 1.165) is 5.69 Å².